The summed E-state index contributed by atoms with van der Waals surface area (Å²) >= 11 is 0. The molecule has 0 saturated heterocycles. The Hall–Kier alpha value is -0.570. The zero-order valence-corrected chi connectivity index (χ0v) is 10.9. The van der Waals surface area contributed by atoms with Gasteiger partial charge < -0.3 is 11.1 Å². The van der Waals surface area contributed by atoms with Crippen LogP contribution in [0.25, 0.3) is 0 Å². The highest BCUT2D eigenvalue weighted by Gasteiger charge is 2.29. The van der Waals surface area contributed by atoms with Crippen molar-refractivity contribution in [3.8, 4) is 0 Å². The SMILES string of the molecule is CC(C)(C)C1CCC(CNC(=O)CN)CC1. The van der Waals surface area contributed by atoms with Crippen LogP contribution in [0.4, 0.5) is 0 Å². The lowest BCUT2D eigenvalue weighted by atomic mass is 9.70. The van der Waals surface area contributed by atoms with Crippen LogP contribution in [0.3, 0.4) is 0 Å². The minimum atomic E-state index is -0.0297. The Morgan fingerprint density at radius 3 is 2.25 bits per heavy atom. The molecule has 0 atom stereocenters. The quantitative estimate of drug-likeness (QED) is 0.772. The molecule has 1 saturated carbocycles. The van der Waals surface area contributed by atoms with Crippen molar-refractivity contribution in [2.75, 3.05) is 13.1 Å². The molecule has 94 valence electrons. The average molecular weight is 226 g/mol. The first-order valence-electron chi connectivity index (χ1n) is 6.40. The fourth-order valence-electron chi connectivity index (χ4n) is 2.56. The highest BCUT2D eigenvalue weighted by Crippen LogP contribution is 2.39. The summed E-state index contributed by atoms with van der Waals surface area (Å²) in [4.78, 5) is 11.0. The van der Waals surface area contributed by atoms with Gasteiger partial charge in [-0.2, -0.15) is 0 Å². The molecule has 0 heterocycles. The lowest BCUT2D eigenvalue weighted by Gasteiger charge is -2.37. The van der Waals surface area contributed by atoms with Crippen LogP contribution in [0.1, 0.15) is 46.5 Å². The first-order valence-corrected chi connectivity index (χ1v) is 6.40. The van der Waals surface area contributed by atoms with E-state index in [2.05, 4.69) is 26.1 Å². The lowest BCUT2D eigenvalue weighted by molar-refractivity contribution is -0.120. The molecule has 1 fully saturated rings. The molecule has 16 heavy (non-hydrogen) atoms. The van der Waals surface area contributed by atoms with Gasteiger partial charge in [0, 0.05) is 6.54 Å². The van der Waals surface area contributed by atoms with E-state index < -0.39 is 0 Å². The van der Waals surface area contributed by atoms with Gasteiger partial charge in [0.05, 0.1) is 6.54 Å². The van der Waals surface area contributed by atoms with Crippen molar-refractivity contribution in [3.63, 3.8) is 0 Å². The molecule has 0 unspecified atom stereocenters. The normalized spacial score (nSPS) is 26.5. The third kappa shape index (κ3) is 4.12. The predicted molar refractivity (Wildman–Crippen MR) is 67.0 cm³/mol. The fourth-order valence-corrected chi connectivity index (χ4v) is 2.56. The summed E-state index contributed by atoms with van der Waals surface area (Å²) < 4.78 is 0. The standard InChI is InChI=1S/C13H26N2O/c1-13(2,3)11-6-4-10(5-7-11)9-15-12(16)8-14/h10-11H,4-9,14H2,1-3H3,(H,15,16). The van der Waals surface area contributed by atoms with E-state index in [1.54, 1.807) is 0 Å². The molecule has 1 amide bonds. The molecule has 1 rings (SSSR count). The van der Waals surface area contributed by atoms with Crippen LogP contribution in [-0.2, 0) is 4.79 Å². The number of rotatable bonds is 3. The molecule has 1 aliphatic carbocycles. The summed E-state index contributed by atoms with van der Waals surface area (Å²) in [6, 6.07) is 0. The number of amides is 1. The maximum absolute atomic E-state index is 11.0. The van der Waals surface area contributed by atoms with Crippen LogP contribution in [0, 0.1) is 17.3 Å². The third-order valence-electron chi connectivity index (χ3n) is 3.84. The van der Waals surface area contributed by atoms with E-state index in [1.807, 2.05) is 0 Å². The largest absolute Gasteiger partial charge is 0.355 e. The van der Waals surface area contributed by atoms with Gasteiger partial charge in [-0.3, -0.25) is 4.79 Å². The molecule has 0 aliphatic heterocycles. The van der Waals surface area contributed by atoms with Gasteiger partial charge in [-0.05, 0) is 42.9 Å². The van der Waals surface area contributed by atoms with Crippen LogP contribution in [0.5, 0.6) is 0 Å². The molecular formula is C13H26N2O. The molecule has 0 spiro atoms. The van der Waals surface area contributed by atoms with Gasteiger partial charge in [-0.1, -0.05) is 20.8 Å². The molecule has 3 heteroatoms. The van der Waals surface area contributed by atoms with Crippen LogP contribution in [-0.4, -0.2) is 19.0 Å². The van der Waals surface area contributed by atoms with Crippen LogP contribution in [0.15, 0.2) is 0 Å². The number of carbonyl (C=O) groups is 1. The number of carbonyl (C=O) groups excluding carboxylic acids is 1. The lowest BCUT2D eigenvalue weighted by Crippen LogP contribution is -2.36. The molecule has 3 nitrogen and oxygen atoms in total. The zero-order chi connectivity index (χ0) is 12.2. The third-order valence-corrected chi connectivity index (χ3v) is 3.84. The van der Waals surface area contributed by atoms with Crippen molar-refractivity contribution < 1.29 is 4.79 Å². The van der Waals surface area contributed by atoms with Crippen molar-refractivity contribution in [1.29, 1.82) is 0 Å². The summed E-state index contributed by atoms with van der Waals surface area (Å²) in [6.45, 7) is 7.90. The van der Waals surface area contributed by atoms with Gasteiger partial charge in [0.25, 0.3) is 0 Å². The van der Waals surface area contributed by atoms with E-state index in [4.69, 9.17) is 5.73 Å². The number of hydrogen-bond donors (Lipinski definition) is 2. The van der Waals surface area contributed by atoms with E-state index in [0.717, 1.165) is 12.5 Å². The van der Waals surface area contributed by atoms with E-state index in [-0.39, 0.29) is 12.5 Å². The second-order valence-corrected chi connectivity index (χ2v) is 6.09. The van der Waals surface area contributed by atoms with Gasteiger partial charge >= 0.3 is 0 Å². The minimum absolute atomic E-state index is 0.0297. The van der Waals surface area contributed by atoms with E-state index in [9.17, 15) is 4.79 Å². The van der Waals surface area contributed by atoms with Crippen LogP contribution >= 0.6 is 0 Å². The van der Waals surface area contributed by atoms with E-state index >= 15 is 0 Å². The van der Waals surface area contributed by atoms with Gasteiger partial charge in [0.1, 0.15) is 0 Å². The summed E-state index contributed by atoms with van der Waals surface area (Å²) in [7, 11) is 0. The Bertz CT molecular complexity index is 225. The molecule has 0 aromatic heterocycles. The van der Waals surface area contributed by atoms with Crippen molar-refractivity contribution in [2.45, 2.75) is 46.5 Å². The van der Waals surface area contributed by atoms with Crippen LogP contribution < -0.4 is 11.1 Å². The Kier molecular flexibility index (Phi) is 4.78. The van der Waals surface area contributed by atoms with Crippen molar-refractivity contribution in [1.82, 2.24) is 5.32 Å². The molecule has 0 aromatic carbocycles. The van der Waals surface area contributed by atoms with Gasteiger partial charge in [-0.15, -0.1) is 0 Å². The maximum Gasteiger partial charge on any atom is 0.233 e. The molecular weight excluding hydrogens is 200 g/mol. The first kappa shape index (κ1) is 13.5. The fraction of sp³-hybridized carbons (Fsp3) is 0.923. The Labute approximate surface area is 99.2 Å². The Morgan fingerprint density at radius 2 is 1.81 bits per heavy atom. The number of nitrogens with two attached hydrogens (primary N) is 1. The highest BCUT2D eigenvalue weighted by atomic mass is 16.1. The smallest absolute Gasteiger partial charge is 0.233 e. The molecule has 0 radical (unpaired) electrons. The maximum atomic E-state index is 11.0. The molecule has 0 bridgehead atoms. The minimum Gasteiger partial charge on any atom is -0.355 e. The summed E-state index contributed by atoms with van der Waals surface area (Å²) in [5, 5.41) is 2.89. The summed E-state index contributed by atoms with van der Waals surface area (Å²) in [5.41, 5.74) is 5.69. The summed E-state index contributed by atoms with van der Waals surface area (Å²) in [5.74, 6) is 1.47. The topological polar surface area (TPSA) is 55.1 Å². The second kappa shape index (κ2) is 5.67. The molecule has 1 aliphatic rings. The van der Waals surface area contributed by atoms with Crippen molar-refractivity contribution in [2.24, 2.45) is 23.0 Å². The molecule has 0 aromatic rings. The van der Waals surface area contributed by atoms with Crippen molar-refractivity contribution in [3.05, 3.63) is 0 Å². The van der Waals surface area contributed by atoms with Gasteiger partial charge in [0.2, 0.25) is 5.91 Å². The number of hydrogen-bond acceptors (Lipinski definition) is 2. The Morgan fingerprint density at radius 1 is 1.25 bits per heavy atom. The summed E-state index contributed by atoms with van der Waals surface area (Å²) in [6.07, 6.45) is 5.08. The first-order chi connectivity index (χ1) is 7.43. The van der Waals surface area contributed by atoms with E-state index in [0.29, 0.717) is 11.3 Å². The van der Waals surface area contributed by atoms with Gasteiger partial charge in [-0.25, -0.2) is 0 Å². The average Bonchev–Trinajstić information content (AvgIpc) is 2.25. The van der Waals surface area contributed by atoms with Crippen molar-refractivity contribution >= 4 is 5.91 Å². The predicted octanol–water partition coefficient (Wildman–Crippen LogP) is 1.91. The monoisotopic (exact) mass is 226 g/mol. The van der Waals surface area contributed by atoms with E-state index in [1.165, 1.54) is 25.7 Å². The second-order valence-electron chi connectivity index (χ2n) is 6.09. The van der Waals surface area contributed by atoms with Gasteiger partial charge in [0.15, 0.2) is 0 Å². The van der Waals surface area contributed by atoms with Crippen LogP contribution in [0.2, 0.25) is 0 Å². The highest BCUT2D eigenvalue weighted by molar-refractivity contribution is 5.77. The zero-order valence-electron chi connectivity index (χ0n) is 10.9. The Balaban J connectivity index is 2.25. The molecule has 3 N–H and O–H groups in total. The number of nitrogens with one attached hydrogen (secondary N) is 1.